The van der Waals surface area contributed by atoms with Crippen LogP contribution in [-0.4, -0.2) is 23.2 Å². The van der Waals surface area contributed by atoms with Gasteiger partial charge in [-0.3, -0.25) is 4.98 Å². The Morgan fingerprint density at radius 1 is 1.30 bits per heavy atom. The molecule has 4 nitrogen and oxygen atoms in total. The lowest BCUT2D eigenvalue weighted by Gasteiger charge is -2.09. The second kappa shape index (κ2) is 6.02. The summed E-state index contributed by atoms with van der Waals surface area (Å²) in [5, 5.41) is 9.41. The third kappa shape index (κ3) is 3.03. The van der Waals surface area contributed by atoms with Crippen molar-refractivity contribution in [2.45, 2.75) is 6.92 Å². The lowest BCUT2D eigenvalue weighted by molar-refractivity contribution is -0.130. The molecule has 0 saturated heterocycles. The highest BCUT2D eigenvalue weighted by molar-refractivity contribution is 6.20. The van der Waals surface area contributed by atoms with Crippen LogP contribution in [0.4, 0.5) is 0 Å². The SMILES string of the molecule is COc1ccc(/C(=C/c2ccccn2)C(=O)O)c(C)c1. The van der Waals surface area contributed by atoms with Gasteiger partial charge in [-0.1, -0.05) is 12.1 Å². The van der Waals surface area contributed by atoms with Crippen molar-refractivity contribution in [3.8, 4) is 5.75 Å². The molecule has 0 bridgehead atoms. The standard InChI is InChI=1S/C16H15NO3/c1-11-9-13(20-2)6-7-14(11)15(16(18)19)10-12-5-3-4-8-17-12/h3-10H,1-2H3,(H,18,19)/b15-10-. The van der Waals surface area contributed by atoms with Gasteiger partial charge in [0.25, 0.3) is 0 Å². The summed E-state index contributed by atoms with van der Waals surface area (Å²) in [5.74, 6) is -0.280. The summed E-state index contributed by atoms with van der Waals surface area (Å²) in [6.45, 7) is 1.85. The number of hydrogen-bond acceptors (Lipinski definition) is 3. The number of aromatic nitrogens is 1. The molecule has 1 N–H and O–H groups in total. The number of carbonyl (C=O) groups is 1. The molecule has 4 heteroatoms. The number of pyridine rings is 1. The molecule has 0 aliphatic carbocycles. The Labute approximate surface area is 117 Å². The number of carboxylic acid groups (broad SMARTS) is 1. The molecule has 0 aliphatic rings. The molecule has 0 spiro atoms. The number of carboxylic acids is 1. The Kier molecular flexibility index (Phi) is 4.15. The van der Waals surface area contributed by atoms with Gasteiger partial charge in [0.2, 0.25) is 0 Å². The Hall–Kier alpha value is -2.62. The van der Waals surface area contributed by atoms with E-state index in [1.54, 1.807) is 43.6 Å². The molecule has 102 valence electrons. The van der Waals surface area contributed by atoms with E-state index in [2.05, 4.69) is 4.98 Å². The highest BCUT2D eigenvalue weighted by Gasteiger charge is 2.13. The highest BCUT2D eigenvalue weighted by Crippen LogP contribution is 2.25. The van der Waals surface area contributed by atoms with Gasteiger partial charge in [0.05, 0.1) is 18.4 Å². The van der Waals surface area contributed by atoms with Crippen LogP contribution in [0.5, 0.6) is 5.75 Å². The van der Waals surface area contributed by atoms with E-state index in [0.29, 0.717) is 17.0 Å². The van der Waals surface area contributed by atoms with Crippen LogP contribution in [0.25, 0.3) is 11.6 Å². The summed E-state index contributed by atoms with van der Waals surface area (Å²) in [7, 11) is 1.58. The van der Waals surface area contributed by atoms with Crippen LogP contribution >= 0.6 is 0 Å². The van der Waals surface area contributed by atoms with Crippen LogP contribution in [0.2, 0.25) is 0 Å². The summed E-state index contributed by atoms with van der Waals surface area (Å²) in [6, 6.07) is 10.7. The smallest absolute Gasteiger partial charge is 0.336 e. The van der Waals surface area contributed by atoms with Crippen molar-refractivity contribution in [3.63, 3.8) is 0 Å². The summed E-state index contributed by atoms with van der Waals surface area (Å²) >= 11 is 0. The molecular formula is C16H15NO3. The zero-order valence-corrected chi connectivity index (χ0v) is 11.3. The van der Waals surface area contributed by atoms with E-state index in [0.717, 1.165) is 5.56 Å². The van der Waals surface area contributed by atoms with Crippen molar-refractivity contribution in [3.05, 3.63) is 59.4 Å². The highest BCUT2D eigenvalue weighted by atomic mass is 16.5. The second-order valence-electron chi connectivity index (χ2n) is 4.30. The van der Waals surface area contributed by atoms with Crippen LogP contribution in [0.15, 0.2) is 42.6 Å². The van der Waals surface area contributed by atoms with E-state index in [-0.39, 0.29) is 5.57 Å². The van der Waals surface area contributed by atoms with Gasteiger partial charge in [-0.15, -0.1) is 0 Å². The number of rotatable bonds is 4. The van der Waals surface area contributed by atoms with Gasteiger partial charge in [-0.05, 0) is 48.4 Å². The first kappa shape index (κ1) is 13.8. The number of aryl methyl sites for hydroxylation is 1. The molecule has 1 aromatic heterocycles. The maximum atomic E-state index is 11.5. The van der Waals surface area contributed by atoms with Gasteiger partial charge in [-0.2, -0.15) is 0 Å². The van der Waals surface area contributed by atoms with Crippen molar-refractivity contribution in [1.29, 1.82) is 0 Å². The molecule has 0 fully saturated rings. The first-order valence-corrected chi connectivity index (χ1v) is 6.13. The maximum absolute atomic E-state index is 11.5. The van der Waals surface area contributed by atoms with Gasteiger partial charge in [0.1, 0.15) is 5.75 Å². The maximum Gasteiger partial charge on any atom is 0.336 e. The fourth-order valence-electron chi connectivity index (χ4n) is 1.93. The normalized spacial score (nSPS) is 11.2. The quantitative estimate of drug-likeness (QED) is 0.867. The predicted molar refractivity (Wildman–Crippen MR) is 77.5 cm³/mol. The number of methoxy groups -OCH3 is 1. The molecule has 0 atom stereocenters. The molecule has 2 aromatic rings. The minimum Gasteiger partial charge on any atom is -0.497 e. The molecule has 0 radical (unpaired) electrons. The third-order valence-electron chi connectivity index (χ3n) is 2.93. The van der Waals surface area contributed by atoms with Crippen molar-refractivity contribution in [2.24, 2.45) is 0 Å². The minimum atomic E-state index is -0.982. The van der Waals surface area contributed by atoms with Crippen LogP contribution in [0, 0.1) is 6.92 Å². The van der Waals surface area contributed by atoms with E-state index >= 15 is 0 Å². The zero-order valence-electron chi connectivity index (χ0n) is 11.3. The number of benzene rings is 1. The van der Waals surface area contributed by atoms with E-state index in [1.165, 1.54) is 0 Å². The lowest BCUT2D eigenvalue weighted by Crippen LogP contribution is -2.02. The predicted octanol–water partition coefficient (Wildman–Crippen LogP) is 3.02. The molecule has 1 heterocycles. The van der Waals surface area contributed by atoms with Crippen LogP contribution < -0.4 is 4.74 Å². The average Bonchev–Trinajstić information content (AvgIpc) is 2.46. The van der Waals surface area contributed by atoms with E-state index in [4.69, 9.17) is 4.74 Å². The molecule has 2 rings (SSSR count). The van der Waals surface area contributed by atoms with Crippen LogP contribution in [0.3, 0.4) is 0 Å². The van der Waals surface area contributed by atoms with Gasteiger partial charge >= 0.3 is 5.97 Å². The molecular weight excluding hydrogens is 254 g/mol. The minimum absolute atomic E-state index is 0.212. The second-order valence-corrected chi connectivity index (χ2v) is 4.30. The number of ether oxygens (including phenoxy) is 1. The van der Waals surface area contributed by atoms with E-state index in [9.17, 15) is 9.90 Å². The average molecular weight is 269 g/mol. The van der Waals surface area contributed by atoms with Gasteiger partial charge in [-0.25, -0.2) is 4.79 Å². The Balaban J connectivity index is 2.50. The Morgan fingerprint density at radius 2 is 2.10 bits per heavy atom. The van der Waals surface area contributed by atoms with Crippen molar-refractivity contribution >= 4 is 17.6 Å². The van der Waals surface area contributed by atoms with Crippen LogP contribution in [0.1, 0.15) is 16.8 Å². The Bertz CT molecular complexity index is 648. The molecule has 20 heavy (non-hydrogen) atoms. The van der Waals surface area contributed by atoms with Crippen molar-refractivity contribution in [2.75, 3.05) is 7.11 Å². The Morgan fingerprint density at radius 3 is 2.65 bits per heavy atom. The largest absolute Gasteiger partial charge is 0.497 e. The van der Waals surface area contributed by atoms with Crippen LogP contribution in [-0.2, 0) is 4.79 Å². The lowest BCUT2D eigenvalue weighted by atomic mass is 9.99. The number of hydrogen-bond donors (Lipinski definition) is 1. The third-order valence-corrected chi connectivity index (χ3v) is 2.93. The fourth-order valence-corrected chi connectivity index (χ4v) is 1.93. The topological polar surface area (TPSA) is 59.4 Å². The molecule has 0 saturated carbocycles. The van der Waals surface area contributed by atoms with Crippen molar-refractivity contribution in [1.82, 2.24) is 4.98 Å². The summed E-state index contributed by atoms with van der Waals surface area (Å²) in [6.07, 6.45) is 3.20. The molecule has 0 amide bonds. The monoisotopic (exact) mass is 269 g/mol. The van der Waals surface area contributed by atoms with Crippen molar-refractivity contribution < 1.29 is 14.6 Å². The summed E-state index contributed by atoms with van der Waals surface area (Å²) in [5.41, 5.74) is 2.32. The zero-order chi connectivity index (χ0) is 14.5. The molecule has 1 aromatic carbocycles. The van der Waals surface area contributed by atoms with E-state index in [1.807, 2.05) is 19.1 Å². The van der Waals surface area contributed by atoms with Gasteiger partial charge in [0.15, 0.2) is 0 Å². The fraction of sp³-hybridized carbons (Fsp3) is 0.125. The molecule has 0 aliphatic heterocycles. The first-order chi connectivity index (χ1) is 9.61. The summed E-state index contributed by atoms with van der Waals surface area (Å²) < 4.78 is 5.13. The van der Waals surface area contributed by atoms with Gasteiger partial charge in [0, 0.05) is 6.20 Å². The first-order valence-electron chi connectivity index (χ1n) is 6.13. The number of nitrogens with zero attached hydrogens (tertiary/aromatic N) is 1. The summed E-state index contributed by atoms with van der Waals surface area (Å²) in [4.78, 5) is 15.6. The number of aliphatic carboxylic acids is 1. The molecule has 0 unspecified atom stereocenters. The van der Waals surface area contributed by atoms with E-state index < -0.39 is 5.97 Å². The van der Waals surface area contributed by atoms with Gasteiger partial charge < -0.3 is 9.84 Å².